The topological polar surface area (TPSA) is 68.5 Å². The van der Waals surface area contributed by atoms with E-state index >= 15 is 0 Å². The fourth-order valence-corrected chi connectivity index (χ4v) is 3.84. The molecule has 28 heavy (non-hydrogen) atoms. The van der Waals surface area contributed by atoms with Crippen LogP contribution in [0.2, 0.25) is 5.02 Å². The molecule has 1 N–H and O–H groups in total. The number of halogens is 1. The van der Waals surface area contributed by atoms with E-state index in [9.17, 15) is 4.79 Å². The van der Waals surface area contributed by atoms with Gasteiger partial charge in [0, 0.05) is 36.0 Å². The molecule has 0 spiro atoms. The first kappa shape index (κ1) is 18.9. The van der Waals surface area contributed by atoms with Gasteiger partial charge in [-0.05, 0) is 25.0 Å². The van der Waals surface area contributed by atoms with Crippen LogP contribution in [0.3, 0.4) is 0 Å². The van der Waals surface area contributed by atoms with E-state index in [1.54, 1.807) is 17.8 Å². The summed E-state index contributed by atoms with van der Waals surface area (Å²) >= 11 is 5.98. The van der Waals surface area contributed by atoms with Crippen LogP contribution in [0.25, 0.3) is 16.9 Å². The minimum atomic E-state index is -0.114. The zero-order chi connectivity index (χ0) is 19.5. The Morgan fingerprint density at radius 1 is 1.25 bits per heavy atom. The summed E-state index contributed by atoms with van der Waals surface area (Å²) < 4.78 is 7.06. The number of carbonyl (C=O) groups excluding carboxylic acids is 1. The fourth-order valence-electron chi connectivity index (χ4n) is 3.72. The molecule has 1 aromatic carbocycles. The normalized spacial score (nSPS) is 15.1. The number of hydrogen-bond acceptors (Lipinski definition) is 4. The van der Waals surface area contributed by atoms with Crippen LogP contribution >= 0.6 is 11.6 Å². The fraction of sp³-hybridized carbons (Fsp3) is 0.381. The van der Waals surface area contributed by atoms with Crippen molar-refractivity contribution in [2.75, 3.05) is 7.11 Å². The van der Waals surface area contributed by atoms with Crippen molar-refractivity contribution >= 4 is 23.2 Å². The molecule has 0 radical (unpaired) electrons. The number of ether oxygens (including phenoxy) is 1. The molecule has 0 aliphatic heterocycles. The summed E-state index contributed by atoms with van der Waals surface area (Å²) in [4.78, 5) is 17.4. The predicted molar refractivity (Wildman–Crippen MR) is 108 cm³/mol. The lowest BCUT2D eigenvalue weighted by Crippen LogP contribution is -2.37. The minimum Gasteiger partial charge on any atom is -0.378 e. The average Bonchev–Trinajstić information content (AvgIpc) is 3.14. The lowest BCUT2D eigenvalue weighted by Gasteiger charge is -2.23. The molecule has 2 aromatic heterocycles. The molecule has 2 heterocycles. The van der Waals surface area contributed by atoms with E-state index in [4.69, 9.17) is 16.3 Å². The monoisotopic (exact) mass is 398 g/mol. The number of carbonyl (C=O) groups is 1. The number of hydrogen-bond donors (Lipinski definition) is 1. The maximum atomic E-state index is 12.9. The van der Waals surface area contributed by atoms with Crippen molar-refractivity contribution in [1.29, 1.82) is 0 Å². The highest BCUT2D eigenvalue weighted by molar-refractivity contribution is 6.30. The maximum absolute atomic E-state index is 12.9. The quantitative estimate of drug-likeness (QED) is 0.697. The molecule has 1 fully saturated rings. The summed E-state index contributed by atoms with van der Waals surface area (Å²) in [5, 5.41) is 8.50. The number of amides is 1. The molecular weight excluding hydrogens is 376 g/mol. The molecule has 1 aliphatic carbocycles. The van der Waals surface area contributed by atoms with Crippen LogP contribution < -0.4 is 5.32 Å². The van der Waals surface area contributed by atoms with Gasteiger partial charge in [0.2, 0.25) is 0 Å². The van der Waals surface area contributed by atoms with Crippen LogP contribution in [0.5, 0.6) is 0 Å². The predicted octanol–water partition coefficient (Wildman–Crippen LogP) is 4.26. The Hall–Kier alpha value is -2.44. The second-order valence-corrected chi connectivity index (χ2v) is 7.60. The Kier molecular flexibility index (Phi) is 5.59. The summed E-state index contributed by atoms with van der Waals surface area (Å²) in [6.07, 6.45) is 7.26. The van der Waals surface area contributed by atoms with Gasteiger partial charge in [0.1, 0.15) is 0 Å². The molecule has 146 valence electrons. The maximum Gasteiger partial charge on any atom is 0.255 e. The smallest absolute Gasteiger partial charge is 0.255 e. The van der Waals surface area contributed by atoms with Gasteiger partial charge in [-0.1, -0.05) is 43.0 Å². The van der Waals surface area contributed by atoms with Gasteiger partial charge in [0.25, 0.3) is 5.91 Å². The minimum absolute atomic E-state index is 0.114. The Bertz CT molecular complexity index is 978. The second-order valence-electron chi connectivity index (χ2n) is 7.17. The van der Waals surface area contributed by atoms with Crippen molar-refractivity contribution in [2.24, 2.45) is 0 Å². The third-order valence-corrected chi connectivity index (χ3v) is 5.44. The molecule has 1 saturated carbocycles. The molecule has 0 atom stereocenters. The first-order valence-electron chi connectivity index (χ1n) is 9.59. The van der Waals surface area contributed by atoms with Crippen LogP contribution in [0.1, 0.15) is 48.2 Å². The SMILES string of the molecule is COCc1c(C(=O)NC2CCCCC2)cnc2cc(-c3ccc(Cl)cc3)nn12. The van der Waals surface area contributed by atoms with Gasteiger partial charge in [0.15, 0.2) is 5.65 Å². The average molecular weight is 399 g/mol. The number of fused-ring (bicyclic) bond motifs is 1. The molecule has 4 rings (SSSR count). The van der Waals surface area contributed by atoms with E-state index < -0.39 is 0 Å². The lowest BCUT2D eigenvalue weighted by atomic mass is 9.95. The Labute approximate surface area is 168 Å². The molecule has 0 bridgehead atoms. The zero-order valence-corrected chi connectivity index (χ0v) is 16.6. The number of rotatable bonds is 5. The van der Waals surface area contributed by atoms with Crippen molar-refractivity contribution in [3.63, 3.8) is 0 Å². The van der Waals surface area contributed by atoms with Crippen LogP contribution in [0.4, 0.5) is 0 Å². The summed E-state index contributed by atoms with van der Waals surface area (Å²) in [7, 11) is 1.61. The van der Waals surface area contributed by atoms with E-state index in [1.807, 2.05) is 30.3 Å². The van der Waals surface area contributed by atoms with Crippen molar-refractivity contribution < 1.29 is 9.53 Å². The number of methoxy groups -OCH3 is 1. The molecule has 6 nitrogen and oxygen atoms in total. The molecule has 0 unspecified atom stereocenters. The summed E-state index contributed by atoms with van der Waals surface area (Å²) in [6, 6.07) is 9.61. The molecule has 7 heteroatoms. The number of aromatic nitrogens is 3. The second kappa shape index (κ2) is 8.29. The largest absolute Gasteiger partial charge is 0.378 e. The van der Waals surface area contributed by atoms with Gasteiger partial charge in [-0.15, -0.1) is 0 Å². The van der Waals surface area contributed by atoms with Crippen LogP contribution in [0.15, 0.2) is 36.5 Å². The Morgan fingerprint density at radius 2 is 2.00 bits per heavy atom. The summed E-state index contributed by atoms with van der Waals surface area (Å²) in [6.45, 7) is 0.272. The van der Waals surface area contributed by atoms with Crippen molar-refractivity contribution in [2.45, 2.75) is 44.8 Å². The highest BCUT2D eigenvalue weighted by Gasteiger charge is 2.21. The molecule has 0 saturated heterocycles. The third-order valence-electron chi connectivity index (χ3n) is 5.19. The van der Waals surface area contributed by atoms with Gasteiger partial charge in [-0.3, -0.25) is 4.79 Å². The van der Waals surface area contributed by atoms with Gasteiger partial charge < -0.3 is 10.1 Å². The summed E-state index contributed by atoms with van der Waals surface area (Å²) in [5.41, 5.74) is 3.58. The van der Waals surface area contributed by atoms with Gasteiger partial charge in [0.05, 0.1) is 23.6 Å². The van der Waals surface area contributed by atoms with E-state index in [1.165, 1.54) is 6.42 Å². The van der Waals surface area contributed by atoms with Gasteiger partial charge in [-0.2, -0.15) is 5.10 Å². The summed E-state index contributed by atoms with van der Waals surface area (Å²) in [5.74, 6) is -0.114. The van der Waals surface area contributed by atoms with E-state index in [0.717, 1.165) is 36.9 Å². The van der Waals surface area contributed by atoms with Crippen LogP contribution in [0, 0.1) is 0 Å². The first-order chi connectivity index (χ1) is 13.7. The molecular formula is C21H23ClN4O2. The molecule has 1 amide bonds. The van der Waals surface area contributed by atoms with Crippen molar-refractivity contribution in [3.8, 4) is 11.3 Å². The van der Waals surface area contributed by atoms with Crippen LogP contribution in [-0.4, -0.2) is 33.7 Å². The molecule has 1 aliphatic rings. The zero-order valence-electron chi connectivity index (χ0n) is 15.8. The number of nitrogens with one attached hydrogen (secondary N) is 1. The number of nitrogens with zero attached hydrogens (tertiary/aromatic N) is 3. The van der Waals surface area contributed by atoms with E-state index in [2.05, 4.69) is 15.4 Å². The van der Waals surface area contributed by atoms with Gasteiger partial charge in [-0.25, -0.2) is 9.50 Å². The first-order valence-corrected chi connectivity index (χ1v) is 9.97. The lowest BCUT2D eigenvalue weighted by molar-refractivity contribution is 0.0920. The highest BCUT2D eigenvalue weighted by atomic mass is 35.5. The van der Waals surface area contributed by atoms with Gasteiger partial charge >= 0.3 is 0 Å². The number of benzene rings is 1. The van der Waals surface area contributed by atoms with Crippen LogP contribution in [-0.2, 0) is 11.3 Å². The highest BCUT2D eigenvalue weighted by Crippen LogP contribution is 2.23. The third kappa shape index (κ3) is 3.88. The Morgan fingerprint density at radius 3 is 2.71 bits per heavy atom. The van der Waals surface area contributed by atoms with Crippen molar-refractivity contribution in [3.05, 3.63) is 52.8 Å². The van der Waals surface area contributed by atoms with Crippen molar-refractivity contribution in [1.82, 2.24) is 19.9 Å². The Balaban J connectivity index is 1.69. The van der Waals surface area contributed by atoms with E-state index in [-0.39, 0.29) is 18.6 Å². The molecule has 3 aromatic rings. The standard InChI is InChI=1S/C21H23ClN4O2/c1-28-13-19-17(21(27)24-16-5-3-2-4-6-16)12-23-20-11-18(25-26(19)20)14-7-9-15(22)10-8-14/h7-12,16H,2-6,13H2,1H3,(H,24,27). The van der Waals surface area contributed by atoms with E-state index in [0.29, 0.717) is 21.9 Å².